The highest BCUT2D eigenvalue weighted by molar-refractivity contribution is 5.73. The van der Waals surface area contributed by atoms with Crippen molar-refractivity contribution in [1.29, 1.82) is 0 Å². The number of carbonyl (C=O) groups is 1. The Bertz CT molecular complexity index is 271. The van der Waals surface area contributed by atoms with Gasteiger partial charge in [0.05, 0.1) is 12.3 Å². The van der Waals surface area contributed by atoms with Crippen LogP contribution in [-0.4, -0.2) is 28.8 Å². The van der Waals surface area contributed by atoms with Crippen LogP contribution in [0.5, 0.6) is 0 Å². The van der Waals surface area contributed by atoms with E-state index in [1.165, 1.54) is 17.4 Å². The fourth-order valence-electron chi connectivity index (χ4n) is 1.15. The number of hydrogen-bond acceptors (Lipinski definition) is 4. The van der Waals surface area contributed by atoms with Gasteiger partial charge in [0.25, 0.3) is 0 Å². The van der Waals surface area contributed by atoms with Gasteiger partial charge >= 0.3 is 5.97 Å². The summed E-state index contributed by atoms with van der Waals surface area (Å²) in [5.41, 5.74) is 0.727. The molecule has 2 aliphatic rings. The minimum Gasteiger partial charge on any atom is -0.478 e. The van der Waals surface area contributed by atoms with Crippen molar-refractivity contribution in [2.45, 2.75) is 6.23 Å². The highest BCUT2D eigenvalue weighted by Gasteiger charge is 2.34. The number of rotatable bonds is 1. The molecule has 64 valence electrons. The Hall–Kier alpha value is -1.49. The summed E-state index contributed by atoms with van der Waals surface area (Å²) in [6.07, 6.45) is 3.52. The number of fused-ring (bicyclic) bond motifs is 1. The molecule has 0 bridgehead atoms. The van der Waals surface area contributed by atoms with Crippen molar-refractivity contribution in [3.8, 4) is 0 Å². The molecule has 2 rings (SSSR count). The summed E-state index contributed by atoms with van der Waals surface area (Å²) in [5.74, 6) is -0.995. The molecule has 1 N–H and O–H groups in total. The number of hydrogen-bond donors (Lipinski definition) is 1. The molecular formula is C7H7NO4. The van der Waals surface area contributed by atoms with E-state index >= 15 is 0 Å². The zero-order valence-electron chi connectivity index (χ0n) is 6.14. The van der Waals surface area contributed by atoms with E-state index in [9.17, 15) is 4.79 Å². The van der Waals surface area contributed by atoms with Crippen molar-refractivity contribution in [3.05, 3.63) is 24.4 Å². The fourth-order valence-corrected chi connectivity index (χ4v) is 1.15. The maximum Gasteiger partial charge on any atom is 0.354 e. The predicted octanol–water partition coefficient (Wildman–Crippen LogP) is 0.0721. The van der Waals surface area contributed by atoms with E-state index < -0.39 is 12.2 Å². The van der Waals surface area contributed by atoms with Crippen molar-refractivity contribution in [1.82, 2.24) is 4.90 Å². The molecule has 0 aromatic rings. The van der Waals surface area contributed by atoms with E-state index in [0.29, 0.717) is 0 Å². The van der Waals surface area contributed by atoms with Crippen LogP contribution in [0, 0.1) is 0 Å². The van der Waals surface area contributed by atoms with E-state index in [4.69, 9.17) is 14.6 Å². The minimum absolute atomic E-state index is 0.279. The van der Waals surface area contributed by atoms with E-state index in [-0.39, 0.29) is 6.61 Å². The largest absolute Gasteiger partial charge is 0.478 e. The number of carboxylic acid groups (broad SMARTS) is 1. The average Bonchev–Trinajstić information content (AvgIpc) is 2.47. The van der Waals surface area contributed by atoms with Crippen LogP contribution in [0.1, 0.15) is 0 Å². The predicted molar refractivity (Wildman–Crippen MR) is 37.5 cm³/mol. The first kappa shape index (κ1) is 7.17. The summed E-state index contributed by atoms with van der Waals surface area (Å²) in [6, 6.07) is 0. The van der Waals surface area contributed by atoms with E-state index in [1.54, 1.807) is 6.20 Å². The average molecular weight is 169 g/mol. The lowest BCUT2D eigenvalue weighted by Crippen LogP contribution is -2.32. The smallest absolute Gasteiger partial charge is 0.354 e. The third-order valence-corrected chi connectivity index (χ3v) is 1.69. The van der Waals surface area contributed by atoms with Gasteiger partial charge in [0.1, 0.15) is 12.5 Å². The maximum atomic E-state index is 10.6. The quantitative estimate of drug-likeness (QED) is 0.602. The molecule has 12 heavy (non-hydrogen) atoms. The molecule has 1 unspecified atom stereocenters. The van der Waals surface area contributed by atoms with Gasteiger partial charge in [0, 0.05) is 6.20 Å². The summed E-state index contributed by atoms with van der Waals surface area (Å²) in [4.78, 5) is 12.1. The van der Waals surface area contributed by atoms with Crippen molar-refractivity contribution < 1.29 is 19.4 Å². The van der Waals surface area contributed by atoms with Gasteiger partial charge in [-0.3, -0.25) is 0 Å². The summed E-state index contributed by atoms with van der Waals surface area (Å²) in [7, 11) is 0. The van der Waals surface area contributed by atoms with Crippen LogP contribution in [0.15, 0.2) is 24.4 Å². The molecule has 1 saturated heterocycles. The molecule has 5 heteroatoms. The van der Waals surface area contributed by atoms with Crippen molar-refractivity contribution >= 4 is 5.97 Å². The molecule has 2 aliphatic heterocycles. The Morgan fingerprint density at radius 3 is 3.33 bits per heavy atom. The lowest BCUT2D eigenvalue weighted by Gasteiger charge is -2.19. The van der Waals surface area contributed by atoms with E-state index in [1.807, 2.05) is 0 Å². The Morgan fingerprint density at radius 1 is 1.75 bits per heavy atom. The zero-order valence-corrected chi connectivity index (χ0v) is 6.14. The van der Waals surface area contributed by atoms with Crippen molar-refractivity contribution in [3.63, 3.8) is 0 Å². The molecule has 0 aliphatic carbocycles. The minimum atomic E-state index is -0.995. The lowest BCUT2D eigenvalue weighted by molar-refractivity contribution is -0.152. The third kappa shape index (κ3) is 0.947. The third-order valence-electron chi connectivity index (χ3n) is 1.69. The second-order valence-electron chi connectivity index (χ2n) is 2.44. The molecule has 0 saturated carbocycles. The van der Waals surface area contributed by atoms with Gasteiger partial charge in [-0.05, 0) is 0 Å². The molecule has 0 aromatic heterocycles. The topological polar surface area (TPSA) is 59.0 Å². The number of aliphatic carboxylic acids is 1. The highest BCUT2D eigenvalue weighted by atomic mass is 16.5. The van der Waals surface area contributed by atoms with Crippen LogP contribution in [-0.2, 0) is 14.3 Å². The zero-order chi connectivity index (χ0) is 8.55. The second kappa shape index (κ2) is 2.53. The first-order valence-electron chi connectivity index (χ1n) is 3.43. The van der Waals surface area contributed by atoms with Crippen LogP contribution in [0.2, 0.25) is 0 Å². The molecular weight excluding hydrogens is 162 g/mol. The lowest BCUT2D eigenvalue weighted by atomic mass is 10.4. The Labute approximate surface area is 68.5 Å². The van der Waals surface area contributed by atoms with Crippen LogP contribution in [0.3, 0.4) is 0 Å². The normalized spacial score (nSPS) is 26.2. The summed E-state index contributed by atoms with van der Waals surface area (Å²) < 4.78 is 9.84. The van der Waals surface area contributed by atoms with Gasteiger partial charge in [-0.25, -0.2) is 4.79 Å². The SMILES string of the molecule is O=C(O)C1OCC2=COC=CN21. The monoisotopic (exact) mass is 169 g/mol. The Balaban J connectivity index is 2.22. The van der Waals surface area contributed by atoms with E-state index in [2.05, 4.69) is 0 Å². The summed E-state index contributed by atoms with van der Waals surface area (Å²) in [6.45, 7) is 0.279. The molecule has 1 fully saturated rings. The number of carboxylic acids is 1. The van der Waals surface area contributed by atoms with Gasteiger partial charge in [-0.2, -0.15) is 0 Å². The molecule has 0 aromatic carbocycles. The van der Waals surface area contributed by atoms with E-state index in [0.717, 1.165) is 5.70 Å². The van der Waals surface area contributed by atoms with Gasteiger partial charge in [0.15, 0.2) is 0 Å². The molecule has 2 heterocycles. The van der Waals surface area contributed by atoms with Crippen LogP contribution in [0.4, 0.5) is 0 Å². The Kier molecular flexibility index (Phi) is 1.51. The van der Waals surface area contributed by atoms with Crippen molar-refractivity contribution in [2.24, 2.45) is 0 Å². The summed E-state index contributed by atoms with van der Waals surface area (Å²) >= 11 is 0. The van der Waals surface area contributed by atoms with Crippen molar-refractivity contribution in [2.75, 3.05) is 6.61 Å². The maximum absolute atomic E-state index is 10.6. The van der Waals surface area contributed by atoms with Crippen LogP contribution in [0.25, 0.3) is 0 Å². The summed E-state index contributed by atoms with van der Waals surface area (Å²) in [5, 5.41) is 8.68. The van der Waals surface area contributed by atoms with Crippen LogP contribution < -0.4 is 0 Å². The number of ether oxygens (including phenoxy) is 2. The second-order valence-corrected chi connectivity index (χ2v) is 2.44. The van der Waals surface area contributed by atoms with Gasteiger partial charge in [0.2, 0.25) is 6.23 Å². The Morgan fingerprint density at radius 2 is 2.58 bits per heavy atom. The highest BCUT2D eigenvalue weighted by Crippen LogP contribution is 2.23. The molecule has 0 spiro atoms. The number of nitrogens with zero attached hydrogens (tertiary/aromatic N) is 1. The molecule has 1 atom stereocenters. The molecule has 5 nitrogen and oxygen atoms in total. The van der Waals surface area contributed by atoms with Gasteiger partial charge < -0.3 is 19.5 Å². The fraction of sp³-hybridized carbons (Fsp3) is 0.286. The van der Waals surface area contributed by atoms with Gasteiger partial charge in [-0.1, -0.05) is 0 Å². The first-order chi connectivity index (χ1) is 5.79. The van der Waals surface area contributed by atoms with Crippen LogP contribution >= 0.6 is 0 Å². The molecule has 0 amide bonds. The molecule has 0 radical (unpaired) electrons. The van der Waals surface area contributed by atoms with Gasteiger partial charge in [-0.15, -0.1) is 0 Å². The first-order valence-corrected chi connectivity index (χ1v) is 3.43. The standard InChI is InChI=1S/C7H7NO4/c9-7(10)6-8-1-2-11-3-5(8)4-12-6/h1-3,6H,4H2,(H,9,10).